The van der Waals surface area contributed by atoms with Crippen LogP contribution in [-0.2, 0) is 4.79 Å². The Labute approximate surface area is 124 Å². The summed E-state index contributed by atoms with van der Waals surface area (Å²) in [5.41, 5.74) is 13.1. The van der Waals surface area contributed by atoms with Crippen LogP contribution < -0.4 is 16.4 Å². The third-order valence-corrected chi connectivity index (χ3v) is 3.82. The normalized spacial score (nSPS) is 18.4. The molecule has 1 atom stereocenters. The number of rotatable bonds is 3. The molecule has 2 rings (SSSR count). The smallest absolute Gasteiger partial charge is 0.256 e. The van der Waals surface area contributed by atoms with Gasteiger partial charge in [-0.2, -0.15) is 0 Å². The molecular formula is C15H22N4O2. The van der Waals surface area contributed by atoms with Crippen LogP contribution in [0.1, 0.15) is 29.6 Å². The van der Waals surface area contributed by atoms with Crippen LogP contribution >= 0.6 is 0 Å². The van der Waals surface area contributed by atoms with Crippen molar-refractivity contribution in [3.05, 3.63) is 23.8 Å². The maximum absolute atomic E-state index is 12.8. The van der Waals surface area contributed by atoms with E-state index < -0.39 is 11.9 Å². The topological polar surface area (TPSA) is 92.7 Å². The molecule has 2 amide bonds. The van der Waals surface area contributed by atoms with E-state index >= 15 is 0 Å². The van der Waals surface area contributed by atoms with Crippen molar-refractivity contribution in [3.63, 3.8) is 0 Å². The number of anilines is 2. The number of hydrogen-bond acceptors (Lipinski definition) is 4. The van der Waals surface area contributed by atoms with E-state index in [1.165, 1.54) is 0 Å². The van der Waals surface area contributed by atoms with Crippen LogP contribution in [0.4, 0.5) is 11.4 Å². The average Bonchev–Trinajstić information content (AvgIpc) is 2.46. The fourth-order valence-corrected chi connectivity index (χ4v) is 2.74. The maximum atomic E-state index is 12.8. The van der Waals surface area contributed by atoms with Crippen molar-refractivity contribution in [2.75, 3.05) is 31.3 Å². The van der Waals surface area contributed by atoms with Crippen molar-refractivity contribution in [2.24, 2.45) is 5.73 Å². The number of carbonyl (C=O) groups excluding carboxylic acids is 2. The van der Waals surface area contributed by atoms with Crippen LogP contribution in [-0.4, -0.2) is 43.4 Å². The van der Waals surface area contributed by atoms with E-state index in [0.717, 1.165) is 18.5 Å². The van der Waals surface area contributed by atoms with Crippen molar-refractivity contribution in [3.8, 4) is 0 Å². The van der Waals surface area contributed by atoms with E-state index in [2.05, 4.69) is 0 Å². The van der Waals surface area contributed by atoms with Crippen LogP contribution in [0, 0.1) is 0 Å². The van der Waals surface area contributed by atoms with Gasteiger partial charge in [0.15, 0.2) is 0 Å². The van der Waals surface area contributed by atoms with Gasteiger partial charge in [-0.15, -0.1) is 0 Å². The van der Waals surface area contributed by atoms with Crippen LogP contribution in [0.3, 0.4) is 0 Å². The van der Waals surface area contributed by atoms with Crippen LogP contribution in [0.15, 0.2) is 18.2 Å². The predicted molar refractivity (Wildman–Crippen MR) is 83.1 cm³/mol. The minimum absolute atomic E-state index is 0.186. The van der Waals surface area contributed by atoms with Gasteiger partial charge in [0.05, 0.1) is 5.56 Å². The summed E-state index contributed by atoms with van der Waals surface area (Å²) >= 11 is 0. The zero-order valence-electron chi connectivity index (χ0n) is 12.5. The molecule has 0 aliphatic carbocycles. The summed E-state index contributed by atoms with van der Waals surface area (Å²) in [6.45, 7) is 0.550. The van der Waals surface area contributed by atoms with Gasteiger partial charge in [-0.25, -0.2) is 0 Å². The number of hydrogen-bond donors (Lipinski definition) is 2. The van der Waals surface area contributed by atoms with Crippen LogP contribution in [0.5, 0.6) is 0 Å². The minimum atomic E-state index is -0.525. The summed E-state index contributed by atoms with van der Waals surface area (Å²) in [5, 5.41) is 0. The molecule has 0 spiro atoms. The van der Waals surface area contributed by atoms with Gasteiger partial charge in [0.2, 0.25) is 5.91 Å². The van der Waals surface area contributed by atoms with Gasteiger partial charge in [0.25, 0.3) is 5.91 Å². The van der Waals surface area contributed by atoms with Gasteiger partial charge >= 0.3 is 0 Å². The highest BCUT2D eigenvalue weighted by atomic mass is 16.2. The number of nitrogens with two attached hydrogens (primary N) is 2. The second-order valence-electron chi connectivity index (χ2n) is 5.58. The zero-order chi connectivity index (χ0) is 15.6. The molecule has 0 saturated carbocycles. The Bertz CT molecular complexity index is 557. The van der Waals surface area contributed by atoms with E-state index in [-0.39, 0.29) is 5.91 Å². The van der Waals surface area contributed by atoms with E-state index in [9.17, 15) is 9.59 Å². The van der Waals surface area contributed by atoms with Gasteiger partial charge in [0.1, 0.15) is 6.04 Å². The van der Waals surface area contributed by atoms with Gasteiger partial charge in [-0.1, -0.05) is 0 Å². The van der Waals surface area contributed by atoms with Crippen molar-refractivity contribution in [1.82, 2.24) is 4.90 Å². The molecule has 114 valence electrons. The lowest BCUT2D eigenvalue weighted by atomic mass is 9.99. The van der Waals surface area contributed by atoms with E-state index in [1.54, 1.807) is 17.0 Å². The third kappa shape index (κ3) is 3.09. The maximum Gasteiger partial charge on any atom is 0.256 e. The lowest BCUT2D eigenvalue weighted by Gasteiger charge is -2.34. The molecule has 1 unspecified atom stereocenters. The highest BCUT2D eigenvalue weighted by molar-refractivity contribution is 6.02. The number of piperidine rings is 1. The number of benzene rings is 1. The largest absolute Gasteiger partial charge is 0.399 e. The number of likely N-dealkylation sites (tertiary alicyclic amines) is 1. The summed E-state index contributed by atoms with van der Waals surface area (Å²) < 4.78 is 0. The van der Waals surface area contributed by atoms with Gasteiger partial charge < -0.3 is 21.3 Å². The average molecular weight is 290 g/mol. The lowest BCUT2D eigenvalue weighted by Crippen LogP contribution is -2.50. The molecule has 0 radical (unpaired) electrons. The molecule has 21 heavy (non-hydrogen) atoms. The summed E-state index contributed by atoms with van der Waals surface area (Å²) in [4.78, 5) is 27.8. The SMILES string of the molecule is CN(C)c1ccc(N)cc1C(=O)N1CCCCC1C(N)=O. The quantitative estimate of drug-likeness (QED) is 0.806. The molecule has 1 fully saturated rings. The Hall–Kier alpha value is -2.24. The third-order valence-electron chi connectivity index (χ3n) is 3.82. The van der Waals surface area contributed by atoms with Crippen LogP contribution in [0.25, 0.3) is 0 Å². The fourth-order valence-electron chi connectivity index (χ4n) is 2.74. The first-order valence-corrected chi connectivity index (χ1v) is 7.09. The predicted octanol–water partition coefficient (Wildman–Crippen LogP) is 0.815. The molecular weight excluding hydrogens is 268 g/mol. The Balaban J connectivity index is 2.38. The van der Waals surface area contributed by atoms with E-state index in [0.29, 0.717) is 24.2 Å². The number of amides is 2. The van der Waals surface area contributed by atoms with Crippen molar-refractivity contribution in [2.45, 2.75) is 25.3 Å². The molecule has 1 aliphatic rings. The summed E-state index contributed by atoms with van der Waals surface area (Å²) in [6.07, 6.45) is 2.42. The summed E-state index contributed by atoms with van der Waals surface area (Å²) in [5.74, 6) is -0.632. The number of nitrogen functional groups attached to an aromatic ring is 1. The van der Waals surface area contributed by atoms with Gasteiger partial charge in [-0.05, 0) is 37.5 Å². The molecule has 6 nitrogen and oxygen atoms in total. The molecule has 0 aromatic heterocycles. The Morgan fingerprint density at radius 2 is 2.00 bits per heavy atom. The molecule has 4 N–H and O–H groups in total. The fraction of sp³-hybridized carbons (Fsp3) is 0.467. The Morgan fingerprint density at radius 3 is 2.62 bits per heavy atom. The number of carbonyl (C=O) groups is 2. The molecule has 6 heteroatoms. The Kier molecular flexibility index (Phi) is 4.35. The van der Waals surface area contributed by atoms with Crippen molar-refractivity contribution >= 4 is 23.2 Å². The highest BCUT2D eigenvalue weighted by Gasteiger charge is 2.32. The minimum Gasteiger partial charge on any atom is -0.399 e. The van der Waals surface area contributed by atoms with E-state index in [1.807, 2.05) is 25.1 Å². The molecule has 1 aromatic carbocycles. The molecule has 1 heterocycles. The molecule has 1 aromatic rings. The second-order valence-corrected chi connectivity index (χ2v) is 5.58. The lowest BCUT2D eigenvalue weighted by molar-refractivity contribution is -0.123. The van der Waals surface area contributed by atoms with Gasteiger partial charge in [-0.3, -0.25) is 9.59 Å². The molecule has 0 bridgehead atoms. The first kappa shape index (κ1) is 15.2. The number of nitrogens with zero attached hydrogens (tertiary/aromatic N) is 2. The van der Waals surface area contributed by atoms with Crippen molar-refractivity contribution in [1.29, 1.82) is 0 Å². The second kappa shape index (κ2) is 6.03. The summed E-state index contributed by atoms with van der Waals surface area (Å²) in [6, 6.07) is 4.70. The van der Waals surface area contributed by atoms with E-state index in [4.69, 9.17) is 11.5 Å². The molecule has 1 saturated heterocycles. The standard InChI is InChI=1S/C15H22N4O2/c1-18(2)12-7-6-10(16)9-11(12)15(21)19-8-4-3-5-13(19)14(17)20/h6-7,9,13H,3-5,8,16H2,1-2H3,(H2,17,20). The number of primary amides is 1. The summed E-state index contributed by atoms with van der Waals surface area (Å²) in [7, 11) is 3.73. The highest BCUT2D eigenvalue weighted by Crippen LogP contribution is 2.26. The molecule has 1 aliphatic heterocycles. The first-order valence-electron chi connectivity index (χ1n) is 7.09. The van der Waals surface area contributed by atoms with Crippen LogP contribution in [0.2, 0.25) is 0 Å². The van der Waals surface area contributed by atoms with Gasteiger partial charge in [0, 0.05) is 32.0 Å². The van der Waals surface area contributed by atoms with Crippen molar-refractivity contribution < 1.29 is 9.59 Å². The zero-order valence-corrected chi connectivity index (χ0v) is 12.5. The first-order chi connectivity index (χ1) is 9.91. The Morgan fingerprint density at radius 1 is 1.29 bits per heavy atom. The monoisotopic (exact) mass is 290 g/mol.